The Morgan fingerprint density at radius 1 is 0.955 bits per heavy atom. The van der Waals surface area contributed by atoms with Crippen molar-refractivity contribution in [3.05, 3.63) is 0 Å². The molecule has 124 valence electrons. The predicted octanol–water partition coefficient (Wildman–Crippen LogP) is 2.36. The maximum absolute atomic E-state index is 12.5. The van der Waals surface area contributed by atoms with Crippen LogP contribution in [0, 0.1) is 5.92 Å². The van der Waals surface area contributed by atoms with E-state index in [-0.39, 0.29) is 11.9 Å². The molecule has 0 aromatic rings. The second kappa shape index (κ2) is 6.88. The minimum Gasteiger partial charge on any atom is -0.341 e. The van der Waals surface area contributed by atoms with Gasteiger partial charge < -0.3 is 15.1 Å². The first-order valence-corrected chi connectivity index (χ1v) is 9.03. The maximum atomic E-state index is 12.5. The highest BCUT2D eigenvalue weighted by atomic mass is 16.2. The first kappa shape index (κ1) is 15.6. The van der Waals surface area contributed by atoms with Gasteiger partial charge in [0.1, 0.15) is 6.04 Å². The van der Waals surface area contributed by atoms with Crippen LogP contribution in [0.4, 0.5) is 4.79 Å². The fraction of sp³-hybridized carbons (Fsp3) is 0.882. The van der Waals surface area contributed by atoms with Gasteiger partial charge in [0, 0.05) is 25.7 Å². The number of amides is 3. The van der Waals surface area contributed by atoms with Gasteiger partial charge in [-0.2, -0.15) is 0 Å². The molecule has 1 saturated carbocycles. The number of urea groups is 1. The third kappa shape index (κ3) is 3.23. The number of carbonyl (C=O) groups is 2. The van der Waals surface area contributed by atoms with Crippen LogP contribution < -0.4 is 5.32 Å². The molecule has 2 atom stereocenters. The van der Waals surface area contributed by atoms with E-state index in [1.54, 1.807) is 0 Å². The third-order valence-electron chi connectivity index (χ3n) is 5.63. The van der Waals surface area contributed by atoms with Gasteiger partial charge in [-0.3, -0.25) is 4.79 Å². The van der Waals surface area contributed by atoms with Crippen molar-refractivity contribution in [1.29, 1.82) is 0 Å². The quantitative estimate of drug-likeness (QED) is 0.870. The highest BCUT2D eigenvalue weighted by Gasteiger charge is 2.38. The molecule has 0 bridgehead atoms. The van der Waals surface area contributed by atoms with Gasteiger partial charge >= 0.3 is 6.03 Å². The highest BCUT2D eigenvalue weighted by Crippen LogP contribution is 2.37. The number of carbonyl (C=O) groups excluding carboxylic acids is 2. The van der Waals surface area contributed by atoms with E-state index >= 15 is 0 Å². The summed E-state index contributed by atoms with van der Waals surface area (Å²) in [6.07, 6.45) is 9.44. The standard InChI is InChI=1S/C17H29N3O2/c1-13(16(21)19-10-3-2-4-11-19)18-17(22)20-12-6-9-15(20)14-7-5-8-14/h13-15H,2-12H2,1H3,(H,18,22)/t13-,15?/m0/s1. The van der Waals surface area contributed by atoms with Crippen molar-refractivity contribution >= 4 is 11.9 Å². The first-order chi connectivity index (χ1) is 10.7. The smallest absolute Gasteiger partial charge is 0.318 e. The zero-order valence-corrected chi connectivity index (χ0v) is 13.7. The molecule has 2 aliphatic heterocycles. The van der Waals surface area contributed by atoms with E-state index in [0.717, 1.165) is 45.3 Å². The fourth-order valence-corrected chi connectivity index (χ4v) is 4.08. The number of rotatable bonds is 3. The lowest BCUT2D eigenvalue weighted by molar-refractivity contribution is -0.133. The largest absolute Gasteiger partial charge is 0.341 e. The van der Waals surface area contributed by atoms with Crippen LogP contribution >= 0.6 is 0 Å². The minimum atomic E-state index is -0.409. The molecule has 3 rings (SSSR count). The summed E-state index contributed by atoms with van der Waals surface area (Å²) < 4.78 is 0. The van der Waals surface area contributed by atoms with Gasteiger partial charge in [0.25, 0.3) is 0 Å². The number of piperidine rings is 1. The van der Waals surface area contributed by atoms with Gasteiger partial charge in [-0.1, -0.05) is 6.42 Å². The Morgan fingerprint density at radius 3 is 2.32 bits per heavy atom. The second-order valence-corrected chi connectivity index (χ2v) is 7.15. The maximum Gasteiger partial charge on any atom is 0.318 e. The molecule has 0 radical (unpaired) electrons. The lowest BCUT2D eigenvalue weighted by Crippen LogP contribution is -2.54. The lowest BCUT2D eigenvalue weighted by atomic mass is 9.79. The first-order valence-electron chi connectivity index (χ1n) is 9.03. The molecule has 0 spiro atoms. The van der Waals surface area contributed by atoms with Crippen LogP contribution in [0.3, 0.4) is 0 Å². The molecule has 1 aliphatic carbocycles. The highest BCUT2D eigenvalue weighted by molar-refractivity contribution is 5.87. The number of nitrogens with zero attached hydrogens (tertiary/aromatic N) is 2. The second-order valence-electron chi connectivity index (χ2n) is 7.15. The predicted molar refractivity (Wildman–Crippen MR) is 85.5 cm³/mol. The summed E-state index contributed by atoms with van der Waals surface area (Å²) in [6.45, 7) is 4.35. The summed E-state index contributed by atoms with van der Waals surface area (Å²) in [5.41, 5.74) is 0. The molecule has 1 unspecified atom stereocenters. The summed E-state index contributed by atoms with van der Waals surface area (Å²) in [5.74, 6) is 0.772. The molecule has 0 aromatic carbocycles. The fourth-order valence-electron chi connectivity index (χ4n) is 4.08. The van der Waals surface area contributed by atoms with E-state index in [1.165, 1.54) is 25.7 Å². The van der Waals surface area contributed by atoms with E-state index in [2.05, 4.69) is 5.32 Å². The summed E-state index contributed by atoms with van der Waals surface area (Å²) in [7, 11) is 0. The molecular weight excluding hydrogens is 278 g/mol. The van der Waals surface area contributed by atoms with Gasteiger partial charge in [-0.15, -0.1) is 0 Å². The van der Waals surface area contributed by atoms with E-state index < -0.39 is 6.04 Å². The zero-order valence-electron chi connectivity index (χ0n) is 13.7. The van der Waals surface area contributed by atoms with Gasteiger partial charge in [0.05, 0.1) is 0 Å². The summed E-state index contributed by atoms with van der Waals surface area (Å²) >= 11 is 0. The summed E-state index contributed by atoms with van der Waals surface area (Å²) in [6, 6.07) is -0.0356. The van der Waals surface area contributed by atoms with Crippen molar-refractivity contribution in [2.75, 3.05) is 19.6 Å². The van der Waals surface area contributed by atoms with Gasteiger partial charge in [0.2, 0.25) is 5.91 Å². The van der Waals surface area contributed by atoms with Crippen molar-refractivity contribution in [2.24, 2.45) is 5.92 Å². The lowest BCUT2D eigenvalue weighted by Gasteiger charge is -2.37. The number of hydrogen-bond donors (Lipinski definition) is 1. The SMILES string of the molecule is C[C@H](NC(=O)N1CCCC1C1CCC1)C(=O)N1CCCCC1. The molecule has 3 amide bonds. The molecule has 22 heavy (non-hydrogen) atoms. The van der Waals surface area contributed by atoms with Crippen LogP contribution in [0.5, 0.6) is 0 Å². The van der Waals surface area contributed by atoms with Crippen LogP contribution in [-0.2, 0) is 4.79 Å². The Balaban J connectivity index is 1.52. The van der Waals surface area contributed by atoms with Gasteiger partial charge in [-0.25, -0.2) is 4.79 Å². The van der Waals surface area contributed by atoms with Crippen molar-refractivity contribution in [3.8, 4) is 0 Å². The van der Waals surface area contributed by atoms with Crippen LogP contribution in [0.2, 0.25) is 0 Å². The molecule has 3 aliphatic rings. The molecule has 0 aromatic heterocycles. The van der Waals surface area contributed by atoms with E-state index in [0.29, 0.717) is 12.0 Å². The summed E-state index contributed by atoms with van der Waals surface area (Å²) in [4.78, 5) is 28.9. The van der Waals surface area contributed by atoms with Crippen molar-refractivity contribution < 1.29 is 9.59 Å². The van der Waals surface area contributed by atoms with Crippen LogP contribution in [0.25, 0.3) is 0 Å². The number of likely N-dealkylation sites (tertiary alicyclic amines) is 2. The van der Waals surface area contributed by atoms with Crippen molar-refractivity contribution in [3.63, 3.8) is 0 Å². The monoisotopic (exact) mass is 307 g/mol. The molecule has 2 heterocycles. The topological polar surface area (TPSA) is 52.7 Å². The molecule has 1 N–H and O–H groups in total. The molecular formula is C17H29N3O2. The van der Waals surface area contributed by atoms with Gasteiger partial charge in [0.15, 0.2) is 0 Å². The molecule has 5 nitrogen and oxygen atoms in total. The van der Waals surface area contributed by atoms with Crippen molar-refractivity contribution in [1.82, 2.24) is 15.1 Å². The normalized spacial score (nSPS) is 27.4. The van der Waals surface area contributed by atoms with E-state index in [4.69, 9.17) is 0 Å². The molecule has 3 fully saturated rings. The number of hydrogen-bond acceptors (Lipinski definition) is 2. The van der Waals surface area contributed by atoms with E-state index in [9.17, 15) is 9.59 Å². The minimum absolute atomic E-state index is 0.0349. The zero-order chi connectivity index (χ0) is 15.5. The van der Waals surface area contributed by atoms with E-state index in [1.807, 2.05) is 16.7 Å². The average molecular weight is 307 g/mol. The van der Waals surface area contributed by atoms with Crippen molar-refractivity contribution in [2.45, 2.75) is 70.4 Å². The Bertz CT molecular complexity index is 416. The average Bonchev–Trinajstić information content (AvgIpc) is 2.94. The Kier molecular flexibility index (Phi) is 4.89. The van der Waals surface area contributed by atoms with Crippen LogP contribution in [0.15, 0.2) is 0 Å². The Morgan fingerprint density at radius 2 is 1.68 bits per heavy atom. The molecule has 2 saturated heterocycles. The molecule has 5 heteroatoms. The summed E-state index contributed by atoms with van der Waals surface area (Å²) in [5, 5.41) is 2.95. The van der Waals surface area contributed by atoms with Crippen LogP contribution in [0.1, 0.15) is 58.3 Å². The number of nitrogens with one attached hydrogen (secondary N) is 1. The third-order valence-corrected chi connectivity index (χ3v) is 5.63. The van der Waals surface area contributed by atoms with Crippen LogP contribution in [-0.4, -0.2) is 53.5 Å². The van der Waals surface area contributed by atoms with Gasteiger partial charge in [-0.05, 0) is 57.8 Å². The Labute approximate surface area is 133 Å². The Hall–Kier alpha value is -1.26.